The van der Waals surface area contributed by atoms with Gasteiger partial charge in [-0.2, -0.15) is 0 Å². The van der Waals surface area contributed by atoms with Crippen molar-refractivity contribution in [2.24, 2.45) is 5.73 Å². The first kappa shape index (κ1) is 16.0. The molecule has 0 heterocycles. The number of nitrogens with zero attached hydrogens (tertiary/aromatic N) is 1. The molecule has 0 bridgehead atoms. The molecule has 19 heavy (non-hydrogen) atoms. The molecule has 2 N–H and O–H groups in total. The number of rotatable bonds is 7. The Morgan fingerprint density at radius 2 is 2.05 bits per heavy atom. The van der Waals surface area contributed by atoms with Gasteiger partial charge in [0.2, 0.25) is 0 Å². The van der Waals surface area contributed by atoms with Crippen LogP contribution in [0.15, 0.2) is 12.1 Å². The lowest BCUT2D eigenvalue weighted by atomic mass is 10.2. The van der Waals surface area contributed by atoms with Gasteiger partial charge in [-0.1, -0.05) is 23.8 Å². The lowest BCUT2D eigenvalue weighted by Gasteiger charge is -2.16. The van der Waals surface area contributed by atoms with Crippen LogP contribution in [0.1, 0.15) is 12.5 Å². The second kappa shape index (κ2) is 7.53. The van der Waals surface area contributed by atoms with Crippen molar-refractivity contribution in [3.8, 4) is 11.5 Å². The van der Waals surface area contributed by atoms with E-state index in [-0.39, 0.29) is 4.99 Å². The number of thiocarbonyl (C=S) groups is 1. The quantitative estimate of drug-likeness (QED) is 0.783. The molecule has 0 saturated carbocycles. The number of benzene rings is 1. The first-order valence-electron chi connectivity index (χ1n) is 5.99. The molecule has 0 aromatic heterocycles. The van der Waals surface area contributed by atoms with Crippen LogP contribution in [0.5, 0.6) is 11.5 Å². The van der Waals surface area contributed by atoms with Crippen LogP contribution in [-0.4, -0.2) is 43.7 Å². The van der Waals surface area contributed by atoms with Gasteiger partial charge in [0.05, 0.1) is 11.6 Å². The minimum Gasteiger partial charge on any atom is -0.490 e. The van der Waals surface area contributed by atoms with Gasteiger partial charge in [0.1, 0.15) is 11.6 Å². The summed E-state index contributed by atoms with van der Waals surface area (Å²) in [4.78, 5) is 2.31. The van der Waals surface area contributed by atoms with Crippen LogP contribution < -0.4 is 15.2 Å². The summed E-state index contributed by atoms with van der Waals surface area (Å²) in [5, 5.41) is 0.451. The molecule has 1 aromatic rings. The third-order valence-electron chi connectivity index (χ3n) is 2.38. The van der Waals surface area contributed by atoms with E-state index in [1.165, 1.54) is 0 Å². The summed E-state index contributed by atoms with van der Waals surface area (Å²) in [6.07, 6.45) is 0. The molecule has 0 aliphatic rings. The van der Waals surface area contributed by atoms with Crippen LogP contribution in [0.4, 0.5) is 0 Å². The van der Waals surface area contributed by atoms with E-state index in [0.717, 1.165) is 6.54 Å². The smallest absolute Gasteiger partial charge is 0.179 e. The van der Waals surface area contributed by atoms with E-state index < -0.39 is 0 Å². The van der Waals surface area contributed by atoms with Gasteiger partial charge in [-0.05, 0) is 33.2 Å². The number of ether oxygens (including phenoxy) is 2. The van der Waals surface area contributed by atoms with Crippen LogP contribution in [-0.2, 0) is 0 Å². The minimum atomic E-state index is 0.280. The largest absolute Gasteiger partial charge is 0.490 e. The highest BCUT2D eigenvalue weighted by atomic mass is 35.5. The lowest BCUT2D eigenvalue weighted by molar-refractivity contribution is 0.244. The Labute approximate surface area is 124 Å². The summed E-state index contributed by atoms with van der Waals surface area (Å²) in [7, 11) is 3.95. The van der Waals surface area contributed by atoms with Gasteiger partial charge in [0.25, 0.3) is 0 Å². The third kappa shape index (κ3) is 4.86. The molecule has 0 fully saturated rings. The zero-order chi connectivity index (χ0) is 14.4. The fourth-order valence-electron chi connectivity index (χ4n) is 1.44. The summed E-state index contributed by atoms with van der Waals surface area (Å²) in [6.45, 7) is 3.73. The number of nitrogens with two attached hydrogens (primary N) is 1. The predicted octanol–water partition coefficient (Wildman–Crippen LogP) is 2.31. The van der Waals surface area contributed by atoms with Gasteiger partial charge >= 0.3 is 0 Å². The average molecular weight is 303 g/mol. The maximum absolute atomic E-state index is 6.20. The van der Waals surface area contributed by atoms with Crippen molar-refractivity contribution in [1.82, 2.24) is 4.90 Å². The summed E-state index contributed by atoms with van der Waals surface area (Å²) in [5.74, 6) is 1.10. The van der Waals surface area contributed by atoms with Crippen molar-refractivity contribution >= 4 is 28.8 Å². The fraction of sp³-hybridized carbons (Fsp3) is 0.462. The van der Waals surface area contributed by atoms with Crippen molar-refractivity contribution in [2.45, 2.75) is 6.92 Å². The molecule has 0 spiro atoms. The molecule has 0 saturated heterocycles. The molecular formula is C13H19ClN2O2S. The molecule has 1 rings (SSSR count). The Kier molecular flexibility index (Phi) is 6.34. The van der Waals surface area contributed by atoms with E-state index in [2.05, 4.69) is 0 Å². The second-order valence-electron chi connectivity index (χ2n) is 4.23. The molecule has 0 radical (unpaired) electrons. The maximum atomic E-state index is 6.20. The average Bonchev–Trinajstić information content (AvgIpc) is 2.31. The SMILES string of the molecule is CCOc1cc(C(N)=S)cc(Cl)c1OCCN(C)C. The highest BCUT2D eigenvalue weighted by Crippen LogP contribution is 2.36. The van der Waals surface area contributed by atoms with Crippen molar-refractivity contribution in [3.63, 3.8) is 0 Å². The highest BCUT2D eigenvalue weighted by Gasteiger charge is 2.13. The number of hydrogen-bond donors (Lipinski definition) is 1. The summed E-state index contributed by atoms with van der Waals surface area (Å²) >= 11 is 11.1. The van der Waals surface area contributed by atoms with Crippen molar-refractivity contribution in [3.05, 3.63) is 22.7 Å². The normalized spacial score (nSPS) is 10.6. The molecule has 106 valence electrons. The number of likely N-dealkylation sites (N-methyl/N-ethyl adjacent to an activating group) is 1. The van der Waals surface area contributed by atoms with E-state index in [4.69, 9.17) is 39.0 Å². The van der Waals surface area contributed by atoms with Crippen LogP contribution in [0, 0.1) is 0 Å². The monoisotopic (exact) mass is 302 g/mol. The Hall–Kier alpha value is -1.04. The second-order valence-corrected chi connectivity index (χ2v) is 5.08. The Morgan fingerprint density at radius 1 is 1.37 bits per heavy atom. The van der Waals surface area contributed by atoms with Gasteiger partial charge in [0, 0.05) is 12.1 Å². The van der Waals surface area contributed by atoms with Gasteiger partial charge in [0.15, 0.2) is 11.5 Å². The number of hydrogen-bond acceptors (Lipinski definition) is 4. The van der Waals surface area contributed by atoms with Gasteiger partial charge in [-0.3, -0.25) is 0 Å². The summed E-state index contributed by atoms with van der Waals surface area (Å²) in [5.41, 5.74) is 6.28. The van der Waals surface area contributed by atoms with Crippen LogP contribution >= 0.6 is 23.8 Å². The van der Waals surface area contributed by atoms with Gasteiger partial charge in [-0.25, -0.2) is 0 Å². The van der Waals surface area contributed by atoms with Crippen molar-refractivity contribution in [2.75, 3.05) is 33.9 Å². The van der Waals surface area contributed by atoms with Crippen molar-refractivity contribution in [1.29, 1.82) is 0 Å². The van der Waals surface area contributed by atoms with Gasteiger partial charge in [-0.15, -0.1) is 0 Å². The molecule has 0 aliphatic heterocycles. The Balaban J connectivity index is 2.97. The Morgan fingerprint density at radius 3 is 2.58 bits per heavy atom. The van der Waals surface area contributed by atoms with E-state index in [1.54, 1.807) is 12.1 Å². The standard InChI is InChI=1S/C13H19ClN2O2S/c1-4-17-11-8-9(13(15)19)7-10(14)12(11)18-6-5-16(2)3/h7-8H,4-6H2,1-3H3,(H2,15,19). The highest BCUT2D eigenvalue weighted by molar-refractivity contribution is 7.80. The van der Waals surface area contributed by atoms with Crippen LogP contribution in [0.25, 0.3) is 0 Å². The van der Waals surface area contributed by atoms with Crippen LogP contribution in [0.2, 0.25) is 5.02 Å². The fourth-order valence-corrected chi connectivity index (χ4v) is 1.83. The van der Waals surface area contributed by atoms with E-state index in [9.17, 15) is 0 Å². The molecule has 0 unspecified atom stereocenters. The zero-order valence-electron chi connectivity index (χ0n) is 11.4. The van der Waals surface area contributed by atoms with Gasteiger partial charge < -0.3 is 20.1 Å². The summed E-state index contributed by atoms with van der Waals surface area (Å²) in [6, 6.07) is 3.44. The molecule has 0 aliphatic carbocycles. The maximum Gasteiger partial charge on any atom is 0.179 e. The summed E-state index contributed by atoms with van der Waals surface area (Å²) < 4.78 is 11.2. The minimum absolute atomic E-state index is 0.280. The molecule has 4 nitrogen and oxygen atoms in total. The number of halogens is 1. The molecule has 0 amide bonds. The van der Waals surface area contributed by atoms with Crippen LogP contribution in [0.3, 0.4) is 0 Å². The molecule has 0 atom stereocenters. The molecular weight excluding hydrogens is 284 g/mol. The third-order valence-corrected chi connectivity index (χ3v) is 2.90. The predicted molar refractivity (Wildman–Crippen MR) is 82.6 cm³/mol. The van der Waals surface area contributed by atoms with E-state index >= 15 is 0 Å². The Bertz CT molecular complexity index is 453. The lowest BCUT2D eigenvalue weighted by Crippen LogP contribution is -2.20. The first-order valence-corrected chi connectivity index (χ1v) is 6.78. The molecule has 1 aromatic carbocycles. The van der Waals surface area contributed by atoms with E-state index in [0.29, 0.717) is 35.3 Å². The zero-order valence-corrected chi connectivity index (χ0v) is 13.0. The van der Waals surface area contributed by atoms with E-state index in [1.807, 2.05) is 25.9 Å². The molecule has 6 heteroatoms. The topological polar surface area (TPSA) is 47.7 Å². The first-order chi connectivity index (χ1) is 8.95. The van der Waals surface area contributed by atoms with Crippen molar-refractivity contribution < 1.29 is 9.47 Å².